The zero-order chi connectivity index (χ0) is 10.1. The van der Waals surface area contributed by atoms with Crippen molar-refractivity contribution < 1.29 is 5.11 Å². The fraction of sp³-hybridized carbons (Fsp3) is 0.273. The molecule has 2 aromatic rings. The van der Waals surface area contributed by atoms with Gasteiger partial charge in [0.15, 0.2) is 0 Å². The van der Waals surface area contributed by atoms with Gasteiger partial charge in [-0.15, -0.1) is 11.3 Å². The van der Waals surface area contributed by atoms with E-state index in [1.807, 2.05) is 19.2 Å². The Morgan fingerprint density at radius 2 is 2.21 bits per heavy atom. The number of phenolic OH excluding ortho intramolecular Hbond substituents is 1. The minimum atomic E-state index is 0.336. The summed E-state index contributed by atoms with van der Waals surface area (Å²) in [5, 5.41) is 15.9. The molecular weight excluding hydrogens is 194 g/mol. The Balaban J connectivity index is 2.58. The maximum atomic E-state index is 9.33. The number of aromatic hydroxyl groups is 1. The van der Waals surface area contributed by atoms with Crippen LogP contribution < -0.4 is 5.32 Å². The van der Waals surface area contributed by atoms with Gasteiger partial charge in [-0.1, -0.05) is 0 Å². The van der Waals surface area contributed by atoms with Gasteiger partial charge < -0.3 is 10.4 Å². The summed E-state index contributed by atoms with van der Waals surface area (Å²) in [5.74, 6) is 0.336. The Bertz CT molecular complexity index is 449. The SMILES string of the molecule is CNC(C)c1csc2cc(O)ccc12. The second-order valence-corrected chi connectivity index (χ2v) is 4.29. The molecule has 74 valence electrons. The van der Waals surface area contributed by atoms with Crippen LogP contribution in [-0.4, -0.2) is 12.2 Å². The molecule has 2 nitrogen and oxygen atoms in total. The Morgan fingerprint density at radius 1 is 1.43 bits per heavy atom. The van der Waals surface area contributed by atoms with Crippen LogP contribution in [0.25, 0.3) is 10.1 Å². The van der Waals surface area contributed by atoms with Gasteiger partial charge in [0.05, 0.1) is 0 Å². The molecule has 0 saturated heterocycles. The van der Waals surface area contributed by atoms with E-state index in [1.165, 1.54) is 10.9 Å². The van der Waals surface area contributed by atoms with Gasteiger partial charge in [0.2, 0.25) is 0 Å². The van der Waals surface area contributed by atoms with Gasteiger partial charge in [0.25, 0.3) is 0 Å². The summed E-state index contributed by atoms with van der Waals surface area (Å²) in [6.45, 7) is 2.13. The van der Waals surface area contributed by atoms with E-state index in [2.05, 4.69) is 17.6 Å². The van der Waals surface area contributed by atoms with Crippen molar-refractivity contribution in [3.8, 4) is 5.75 Å². The molecule has 0 aliphatic carbocycles. The molecule has 0 bridgehead atoms. The van der Waals surface area contributed by atoms with E-state index in [1.54, 1.807) is 17.4 Å². The van der Waals surface area contributed by atoms with E-state index in [4.69, 9.17) is 0 Å². The first-order chi connectivity index (χ1) is 6.72. The molecule has 0 radical (unpaired) electrons. The van der Waals surface area contributed by atoms with Crippen LogP contribution >= 0.6 is 11.3 Å². The monoisotopic (exact) mass is 207 g/mol. The lowest BCUT2D eigenvalue weighted by Gasteiger charge is -2.08. The van der Waals surface area contributed by atoms with Crippen LogP contribution in [0, 0.1) is 0 Å². The number of nitrogens with one attached hydrogen (secondary N) is 1. The Morgan fingerprint density at radius 3 is 2.93 bits per heavy atom. The molecule has 1 unspecified atom stereocenters. The lowest BCUT2D eigenvalue weighted by Crippen LogP contribution is -2.11. The molecule has 0 amide bonds. The molecule has 2 N–H and O–H groups in total. The Hall–Kier alpha value is -1.06. The van der Waals surface area contributed by atoms with Crippen LogP contribution in [0.3, 0.4) is 0 Å². The molecule has 0 aliphatic rings. The molecule has 0 aliphatic heterocycles. The van der Waals surface area contributed by atoms with Gasteiger partial charge in [0.1, 0.15) is 5.75 Å². The fourth-order valence-corrected chi connectivity index (χ4v) is 2.61. The second-order valence-electron chi connectivity index (χ2n) is 3.38. The molecule has 3 heteroatoms. The molecule has 1 aromatic heterocycles. The zero-order valence-electron chi connectivity index (χ0n) is 8.24. The molecule has 1 heterocycles. The van der Waals surface area contributed by atoms with Crippen molar-refractivity contribution in [3.63, 3.8) is 0 Å². The number of phenols is 1. The lowest BCUT2D eigenvalue weighted by molar-refractivity contribution is 0.476. The standard InChI is InChI=1S/C11H13NOS/c1-7(12-2)10-6-14-11-5-8(13)3-4-9(10)11/h3-7,12-13H,1-2H3. The highest BCUT2D eigenvalue weighted by Gasteiger charge is 2.09. The average molecular weight is 207 g/mol. The minimum absolute atomic E-state index is 0.336. The maximum absolute atomic E-state index is 9.33. The first-order valence-corrected chi connectivity index (χ1v) is 5.47. The second kappa shape index (κ2) is 3.59. The Kier molecular flexibility index (Phi) is 2.44. The highest BCUT2D eigenvalue weighted by molar-refractivity contribution is 7.17. The van der Waals surface area contributed by atoms with Gasteiger partial charge in [-0.2, -0.15) is 0 Å². The number of fused-ring (bicyclic) bond motifs is 1. The van der Waals surface area contributed by atoms with E-state index in [0.717, 1.165) is 4.70 Å². The molecule has 0 spiro atoms. The van der Waals surface area contributed by atoms with Crippen LogP contribution in [0.1, 0.15) is 18.5 Å². The highest BCUT2D eigenvalue weighted by atomic mass is 32.1. The van der Waals surface area contributed by atoms with Crippen molar-refractivity contribution in [2.75, 3.05) is 7.05 Å². The van der Waals surface area contributed by atoms with Crippen molar-refractivity contribution >= 4 is 21.4 Å². The molecular formula is C11H13NOS. The number of thiophene rings is 1. The van der Waals surface area contributed by atoms with Gasteiger partial charge in [-0.05, 0) is 48.5 Å². The summed E-state index contributed by atoms with van der Waals surface area (Å²) >= 11 is 1.67. The largest absolute Gasteiger partial charge is 0.508 e. The summed E-state index contributed by atoms with van der Waals surface area (Å²) in [7, 11) is 1.95. The zero-order valence-corrected chi connectivity index (χ0v) is 9.06. The lowest BCUT2D eigenvalue weighted by atomic mass is 10.1. The van der Waals surface area contributed by atoms with Gasteiger partial charge in [-0.3, -0.25) is 0 Å². The topological polar surface area (TPSA) is 32.3 Å². The maximum Gasteiger partial charge on any atom is 0.117 e. The first kappa shape index (κ1) is 9.49. The van der Waals surface area contributed by atoms with E-state index in [0.29, 0.717) is 11.8 Å². The summed E-state index contributed by atoms with van der Waals surface area (Å²) < 4.78 is 1.14. The fourth-order valence-electron chi connectivity index (χ4n) is 1.53. The summed E-state index contributed by atoms with van der Waals surface area (Å²) in [6, 6.07) is 5.88. The molecule has 14 heavy (non-hydrogen) atoms. The summed E-state index contributed by atoms with van der Waals surface area (Å²) in [5.41, 5.74) is 1.30. The van der Waals surface area contributed by atoms with Gasteiger partial charge in [-0.25, -0.2) is 0 Å². The van der Waals surface area contributed by atoms with Gasteiger partial charge in [0, 0.05) is 10.7 Å². The molecule has 1 atom stereocenters. The molecule has 0 fully saturated rings. The van der Waals surface area contributed by atoms with E-state index >= 15 is 0 Å². The summed E-state index contributed by atoms with van der Waals surface area (Å²) in [6.07, 6.45) is 0. The number of hydrogen-bond acceptors (Lipinski definition) is 3. The first-order valence-electron chi connectivity index (χ1n) is 4.59. The van der Waals surface area contributed by atoms with Crippen molar-refractivity contribution in [2.45, 2.75) is 13.0 Å². The molecule has 1 aromatic carbocycles. The van der Waals surface area contributed by atoms with Crippen LogP contribution in [0.2, 0.25) is 0 Å². The predicted octanol–water partition coefficient (Wildman–Crippen LogP) is 2.89. The van der Waals surface area contributed by atoms with Crippen LogP contribution in [0.5, 0.6) is 5.75 Å². The average Bonchev–Trinajstić information content (AvgIpc) is 2.59. The van der Waals surface area contributed by atoms with Crippen molar-refractivity contribution in [1.29, 1.82) is 0 Å². The third-order valence-corrected chi connectivity index (χ3v) is 3.45. The molecule has 0 saturated carbocycles. The van der Waals surface area contributed by atoms with Crippen molar-refractivity contribution in [2.24, 2.45) is 0 Å². The third-order valence-electron chi connectivity index (χ3n) is 2.49. The van der Waals surface area contributed by atoms with E-state index in [-0.39, 0.29) is 0 Å². The normalized spacial score (nSPS) is 13.3. The van der Waals surface area contributed by atoms with E-state index in [9.17, 15) is 5.11 Å². The third kappa shape index (κ3) is 1.49. The summed E-state index contributed by atoms with van der Waals surface area (Å²) in [4.78, 5) is 0. The number of benzene rings is 1. The van der Waals surface area contributed by atoms with Gasteiger partial charge >= 0.3 is 0 Å². The van der Waals surface area contributed by atoms with Crippen LogP contribution in [0.15, 0.2) is 23.6 Å². The highest BCUT2D eigenvalue weighted by Crippen LogP contribution is 2.32. The van der Waals surface area contributed by atoms with Crippen LogP contribution in [0.4, 0.5) is 0 Å². The van der Waals surface area contributed by atoms with Crippen molar-refractivity contribution in [3.05, 3.63) is 29.1 Å². The predicted molar refractivity (Wildman–Crippen MR) is 61.0 cm³/mol. The molecule has 2 rings (SSSR count). The minimum Gasteiger partial charge on any atom is -0.508 e. The number of rotatable bonds is 2. The Labute approximate surface area is 87.2 Å². The smallest absolute Gasteiger partial charge is 0.117 e. The quantitative estimate of drug-likeness (QED) is 0.793. The van der Waals surface area contributed by atoms with E-state index < -0.39 is 0 Å². The van der Waals surface area contributed by atoms with Crippen LogP contribution in [-0.2, 0) is 0 Å². The van der Waals surface area contributed by atoms with Crippen molar-refractivity contribution in [1.82, 2.24) is 5.32 Å². The number of hydrogen-bond donors (Lipinski definition) is 2.